The van der Waals surface area contributed by atoms with Crippen LogP contribution in [0.2, 0.25) is 0 Å². The molecule has 0 atom stereocenters. The number of hydrogen-bond acceptors (Lipinski definition) is 4. The molecule has 110 valence electrons. The number of sulfonamides is 1. The van der Waals surface area contributed by atoms with Gasteiger partial charge in [-0.2, -0.15) is 0 Å². The van der Waals surface area contributed by atoms with Gasteiger partial charge in [0.15, 0.2) is 0 Å². The van der Waals surface area contributed by atoms with Crippen molar-refractivity contribution in [1.82, 2.24) is 4.72 Å². The van der Waals surface area contributed by atoms with Crippen LogP contribution in [-0.2, 0) is 10.0 Å². The maximum absolute atomic E-state index is 12.3. The Balaban J connectivity index is 2.50. The Morgan fingerprint density at radius 3 is 2.40 bits per heavy atom. The van der Waals surface area contributed by atoms with E-state index in [0.717, 1.165) is 5.69 Å². The summed E-state index contributed by atoms with van der Waals surface area (Å²) in [5, 5.41) is 3.02. The number of nitrogens with one attached hydrogen (secondary N) is 2. The van der Waals surface area contributed by atoms with Gasteiger partial charge in [0, 0.05) is 19.8 Å². The maximum Gasteiger partial charge on any atom is 0.266 e. The number of nitrogens with zero attached hydrogens (tertiary/aromatic N) is 2. The van der Waals surface area contributed by atoms with Crippen molar-refractivity contribution < 1.29 is 8.42 Å². The third kappa shape index (κ3) is 3.04. The zero-order chi connectivity index (χ0) is 15.1. The Hall–Kier alpha value is -1.76. The predicted octanol–water partition coefficient (Wildman–Crippen LogP) is 1.61. The summed E-state index contributed by atoms with van der Waals surface area (Å²) >= 11 is 0. The molecule has 0 unspecified atom stereocenters. The van der Waals surface area contributed by atoms with E-state index in [1.165, 1.54) is 0 Å². The van der Waals surface area contributed by atoms with Crippen LogP contribution in [0.4, 0.5) is 11.4 Å². The fourth-order valence-corrected chi connectivity index (χ4v) is 2.98. The van der Waals surface area contributed by atoms with Crippen molar-refractivity contribution in [3.63, 3.8) is 0 Å². The minimum absolute atomic E-state index is 0.233. The lowest BCUT2D eigenvalue weighted by Crippen LogP contribution is -2.42. The molecule has 0 radical (unpaired) electrons. The van der Waals surface area contributed by atoms with E-state index in [1.807, 2.05) is 45.8 Å². The number of aliphatic imine (C=N–C) groups is 1. The normalized spacial score (nSPS) is 18.9. The van der Waals surface area contributed by atoms with Gasteiger partial charge in [0.05, 0.1) is 11.2 Å². The summed E-state index contributed by atoms with van der Waals surface area (Å²) in [7, 11) is 0.142. The maximum atomic E-state index is 12.3. The first-order valence-corrected chi connectivity index (χ1v) is 7.78. The first-order valence-electron chi connectivity index (χ1n) is 6.29. The van der Waals surface area contributed by atoms with E-state index in [4.69, 9.17) is 0 Å². The molecule has 0 fully saturated rings. The average molecular weight is 296 g/mol. The molecule has 0 bridgehead atoms. The smallest absolute Gasteiger partial charge is 0.266 e. The second-order valence-corrected chi connectivity index (χ2v) is 7.59. The first kappa shape index (κ1) is 14.6. The third-order valence-electron chi connectivity index (χ3n) is 2.70. The van der Waals surface area contributed by atoms with Crippen LogP contribution in [0.25, 0.3) is 0 Å². The number of hydrogen-bond donors (Lipinski definition) is 2. The van der Waals surface area contributed by atoms with Gasteiger partial charge >= 0.3 is 0 Å². The SMILES string of the molecule is CN(C)c1ccc2c(c1)S(=O)(=O)NC(=NC(C)(C)C)N2. The summed E-state index contributed by atoms with van der Waals surface area (Å²) in [6, 6.07) is 5.25. The molecule has 0 amide bonds. The molecule has 7 heteroatoms. The second kappa shape index (κ2) is 4.66. The Morgan fingerprint density at radius 2 is 1.85 bits per heavy atom. The van der Waals surface area contributed by atoms with Crippen LogP contribution in [0.3, 0.4) is 0 Å². The van der Waals surface area contributed by atoms with E-state index >= 15 is 0 Å². The van der Waals surface area contributed by atoms with Gasteiger partial charge in [-0.15, -0.1) is 0 Å². The summed E-state index contributed by atoms with van der Waals surface area (Å²) in [5.41, 5.74) is 0.996. The minimum Gasteiger partial charge on any atom is -0.378 e. The van der Waals surface area contributed by atoms with Crippen molar-refractivity contribution in [2.45, 2.75) is 31.2 Å². The lowest BCUT2D eigenvalue weighted by atomic mass is 10.1. The number of benzene rings is 1. The van der Waals surface area contributed by atoms with Crippen LogP contribution in [-0.4, -0.2) is 34.0 Å². The minimum atomic E-state index is -3.59. The molecule has 20 heavy (non-hydrogen) atoms. The molecule has 0 saturated heterocycles. The molecule has 1 aliphatic rings. The van der Waals surface area contributed by atoms with E-state index < -0.39 is 10.0 Å². The molecule has 1 heterocycles. The van der Waals surface area contributed by atoms with Gasteiger partial charge in [0.25, 0.3) is 10.0 Å². The first-order chi connectivity index (χ1) is 9.08. The molecule has 0 spiro atoms. The van der Waals surface area contributed by atoms with Gasteiger partial charge in [0.1, 0.15) is 4.90 Å². The van der Waals surface area contributed by atoms with Gasteiger partial charge < -0.3 is 10.2 Å². The number of rotatable bonds is 1. The standard InChI is InChI=1S/C13H20N4O2S/c1-13(2,3)15-12-14-10-7-6-9(17(4)5)8-11(10)20(18,19)16-12/h6-8H,1-5H3,(H2,14,15,16). The Morgan fingerprint density at radius 1 is 1.20 bits per heavy atom. The van der Waals surface area contributed by atoms with Crippen LogP contribution >= 0.6 is 0 Å². The molecule has 0 aromatic heterocycles. The fraction of sp³-hybridized carbons (Fsp3) is 0.462. The van der Waals surface area contributed by atoms with Gasteiger partial charge in [0.2, 0.25) is 5.96 Å². The lowest BCUT2D eigenvalue weighted by Gasteiger charge is -2.25. The molecule has 0 aliphatic carbocycles. The van der Waals surface area contributed by atoms with Crippen molar-refractivity contribution in [1.29, 1.82) is 0 Å². The third-order valence-corrected chi connectivity index (χ3v) is 4.08. The van der Waals surface area contributed by atoms with Crippen LogP contribution in [0, 0.1) is 0 Å². The molecule has 0 saturated carbocycles. The van der Waals surface area contributed by atoms with Crippen LogP contribution in [0.5, 0.6) is 0 Å². The van der Waals surface area contributed by atoms with Gasteiger partial charge in [-0.1, -0.05) is 0 Å². The predicted molar refractivity (Wildman–Crippen MR) is 81.9 cm³/mol. The monoisotopic (exact) mass is 296 g/mol. The van der Waals surface area contributed by atoms with Crippen molar-refractivity contribution >= 4 is 27.4 Å². The molecular weight excluding hydrogens is 276 g/mol. The Bertz CT molecular complexity index is 657. The van der Waals surface area contributed by atoms with Gasteiger partial charge in [-0.3, -0.25) is 0 Å². The van der Waals surface area contributed by atoms with Crippen LogP contribution in [0.1, 0.15) is 20.8 Å². The highest BCUT2D eigenvalue weighted by atomic mass is 32.2. The molecule has 1 aromatic carbocycles. The largest absolute Gasteiger partial charge is 0.378 e. The summed E-state index contributed by atoms with van der Waals surface area (Å²) in [6.07, 6.45) is 0. The molecular formula is C13H20N4O2S. The quantitative estimate of drug-likeness (QED) is 0.826. The van der Waals surface area contributed by atoms with Crippen molar-refractivity contribution in [3.05, 3.63) is 18.2 Å². The van der Waals surface area contributed by atoms with E-state index in [0.29, 0.717) is 5.69 Å². The average Bonchev–Trinajstić information content (AvgIpc) is 2.24. The summed E-state index contributed by atoms with van der Waals surface area (Å²) in [5.74, 6) is 0.252. The van der Waals surface area contributed by atoms with Crippen molar-refractivity contribution in [2.75, 3.05) is 24.3 Å². The summed E-state index contributed by atoms with van der Waals surface area (Å²) < 4.78 is 27.1. The number of anilines is 2. The van der Waals surface area contributed by atoms with Crippen LogP contribution < -0.4 is 14.9 Å². The Kier molecular flexibility index (Phi) is 3.41. The van der Waals surface area contributed by atoms with E-state index in [9.17, 15) is 8.42 Å². The number of fused-ring (bicyclic) bond motifs is 1. The Labute approximate surface area is 119 Å². The second-order valence-electron chi connectivity index (χ2n) is 5.94. The lowest BCUT2D eigenvalue weighted by molar-refractivity contribution is 0.576. The molecule has 1 aromatic rings. The topological polar surface area (TPSA) is 73.8 Å². The summed E-state index contributed by atoms with van der Waals surface area (Å²) in [4.78, 5) is 6.41. The van der Waals surface area contributed by atoms with Crippen LogP contribution in [0.15, 0.2) is 28.1 Å². The zero-order valence-electron chi connectivity index (χ0n) is 12.4. The highest BCUT2D eigenvalue weighted by molar-refractivity contribution is 7.90. The highest BCUT2D eigenvalue weighted by Crippen LogP contribution is 2.29. The van der Waals surface area contributed by atoms with E-state index in [1.54, 1.807) is 12.1 Å². The van der Waals surface area contributed by atoms with E-state index in [2.05, 4.69) is 15.0 Å². The molecule has 2 N–H and O–H groups in total. The zero-order valence-corrected chi connectivity index (χ0v) is 13.2. The molecule has 6 nitrogen and oxygen atoms in total. The summed E-state index contributed by atoms with van der Waals surface area (Å²) in [6.45, 7) is 5.71. The highest BCUT2D eigenvalue weighted by Gasteiger charge is 2.28. The fourth-order valence-electron chi connectivity index (χ4n) is 1.84. The van der Waals surface area contributed by atoms with Gasteiger partial charge in [-0.25, -0.2) is 18.1 Å². The number of guanidine groups is 1. The van der Waals surface area contributed by atoms with Crippen molar-refractivity contribution in [2.24, 2.45) is 4.99 Å². The molecule has 2 rings (SSSR count). The molecule has 1 aliphatic heterocycles. The van der Waals surface area contributed by atoms with E-state index in [-0.39, 0.29) is 16.4 Å². The van der Waals surface area contributed by atoms with Gasteiger partial charge in [-0.05, 0) is 39.0 Å². The van der Waals surface area contributed by atoms with Crippen molar-refractivity contribution in [3.8, 4) is 0 Å².